The highest BCUT2D eigenvalue weighted by Crippen LogP contribution is 2.30. The topological polar surface area (TPSA) is 49.3 Å². The first-order valence-corrected chi connectivity index (χ1v) is 4.15. The lowest BCUT2D eigenvalue weighted by atomic mass is 10.3. The Hall–Kier alpha value is -1.03. The number of hydrogen-bond donors (Lipinski definition) is 2. The highest BCUT2D eigenvalue weighted by Gasteiger charge is 2.05. The molecule has 2 N–H and O–H groups in total. The molecule has 1 aromatic rings. The molecular formula is C8H8BrNO2. The molecule has 0 saturated heterocycles. The van der Waals surface area contributed by atoms with E-state index in [0.717, 1.165) is 0 Å². The Morgan fingerprint density at radius 2 is 2.25 bits per heavy atom. The molecule has 1 aromatic carbocycles. The number of halogens is 1. The van der Waals surface area contributed by atoms with E-state index in [4.69, 9.17) is 0 Å². The molecule has 0 aliphatic rings. The SMILES string of the molecule is CC(=O)Nc1c(O)cccc1Br. The number of carbonyl (C=O) groups is 1. The number of hydrogen-bond acceptors (Lipinski definition) is 2. The summed E-state index contributed by atoms with van der Waals surface area (Å²) in [5, 5.41) is 11.8. The van der Waals surface area contributed by atoms with Crippen LogP contribution in [0, 0.1) is 0 Å². The summed E-state index contributed by atoms with van der Waals surface area (Å²) in [7, 11) is 0. The Labute approximate surface area is 78.5 Å². The molecule has 0 bridgehead atoms. The van der Waals surface area contributed by atoms with Crippen molar-refractivity contribution in [2.24, 2.45) is 0 Å². The van der Waals surface area contributed by atoms with Gasteiger partial charge in [0.15, 0.2) is 0 Å². The second kappa shape index (κ2) is 3.58. The van der Waals surface area contributed by atoms with Gasteiger partial charge < -0.3 is 10.4 Å². The van der Waals surface area contributed by atoms with Gasteiger partial charge in [0.1, 0.15) is 5.75 Å². The molecule has 0 fully saturated rings. The van der Waals surface area contributed by atoms with Gasteiger partial charge in [-0.2, -0.15) is 0 Å². The second-order valence-corrected chi connectivity index (χ2v) is 3.17. The van der Waals surface area contributed by atoms with Crippen LogP contribution in [0.15, 0.2) is 22.7 Å². The van der Waals surface area contributed by atoms with Crippen molar-refractivity contribution in [1.82, 2.24) is 0 Å². The van der Waals surface area contributed by atoms with Crippen LogP contribution in [0.25, 0.3) is 0 Å². The van der Waals surface area contributed by atoms with Crippen LogP contribution in [-0.2, 0) is 4.79 Å². The van der Waals surface area contributed by atoms with Gasteiger partial charge in [-0.1, -0.05) is 6.07 Å². The predicted octanol–water partition coefficient (Wildman–Crippen LogP) is 2.11. The quantitative estimate of drug-likeness (QED) is 0.726. The molecule has 0 aliphatic carbocycles. The average molecular weight is 230 g/mol. The van der Waals surface area contributed by atoms with E-state index in [-0.39, 0.29) is 11.7 Å². The van der Waals surface area contributed by atoms with Gasteiger partial charge in [-0.3, -0.25) is 4.79 Å². The first-order valence-electron chi connectivity index (χ1n) is 3.36. The number of nitrogens with one attached hydrogen (secondary N) is 1. The predicted molar refractivity (Wildman–Crippen MR) is 50.1 cm³/mol. The highest BCUT2D eigenvalue weighted by atomic mass is 79.9. The number of para-hydroxylation sites is 1. The molecule has 0 spiro atoms. The van der Waals surface area contributed by atoms with E-state index < -0.39 is 0 Å². The third-order valence-electron chi connectivity index (χ3n) is 1.29. The summed E-state index contributed by atoms with van der Waals surface area (Å²) in [5.41, 5.74) is 0.407. The number of amides is 1. The standard InChI is InChI=1S/C8H8BrNO2/c1-5(11)10-8-6(9)3-2-4-7(8)12/h2-4,12H,1H3,(H,10,11). The number of phenolic OH excluding ortho intramolecular Hbond substituents is 1. The van der Waals surface area contributed by atoms with Crippen molar-refractivity contribution in [3.05, 3.63) is 22.7 Å². The molecule has 3 nitrogen and oxygen atoms in total. The Bertz CT molecular complexity index is 292. The first kappa shape index (κ1) is 9.06. The summed E-state index contributed by atoms with van der Waals surface area (Å²) < 4.78 is 0.665. The van der Waals surface area contributed by atoms with Crippen molar-refractivity contribution in [3.63, 3.8) is 0 Å². The van der Waals surface area contributed by atoms with Gasteiger partial charge in [-0.25, -0.2) is 0 Å². The summed E-state index contributed by atoms with van der Waals surface area (Å²) in [5.74, 6) is -0.156. The zero-order chi connectivity index (χ0) is 9.14. The Morgan fingerprint density at radius 1 is 1.58 bits per heavy atom. The van der Waals surface area contributed by atoms with Crippen LogP contribution < -0.4 is 5.32 Å². The fourth-order valence-electron chi connectivity index (χ4n) is 0.813. The first-order chi connectivity index (χ1) is 5.61. The van der Waals surface area contributed by atoms with Crippen LogP contribution in [0.1, 0.15) is 6.92 Å². The third-order valence-corrected chi connectivity index (χ3v) is 1.95. The van der Waals surface area contributed by atoms with Crippen molar-refractivity contribution in [2.75, 3.05) is 5.32 Å². The van der Waals surface area contributed by atoms with E-state index in [0.29, 0.717) is 10.2 Å². The fourth-order valence-corrected chi connectivity index (χ4v) is 1.27. The van der Waals surface area contributed by atoms with E-state index in [1.165, 1.54) is 13.0 Å². The van der Waals surface area contributed by atoms with Crippen molar-refractivity contribution >= 4 is 27.5 Å². The van der Waals surface area contributed by atoms with E-state index in [1.54, 1.807) is 12.1 Å². The number of anilines is 1. The molecule has 0 heterocycles. The highest BCUT2D eigenvalue weighted by molar-refractivity contribution is 9.10. The van der Waals surface area contributed by atoms with Crippen molar-refractivity contribution < 1.29 is 9.90 Å². The third kappa shape index (κ3) is 1.98. The molecular weight excluding hydrogens is 222 g/mol. The summed E-state index contributed by atoms with van der Waals surface area (Å²) in [6.45, 7) is 1.39. The molecule has 64 valence electrons. The number of rotatable bonds is 1. The molecule has 0 unspecified atom stereocenters. The van der Waals surface area contributed by atoms with Crippen LogP contribution in [-0.4, -0.2) is 11.0 Å². The van der Waals surface area contributed by atoms with Crippen LogP contribution in [0.4, 0.5) is 5.69 Å². The average Bonchev–Trinajstić information content (AvgIpc) is 1.97. The van der Waals surface area contributed by atoms with E-state index in [1.807, 2.05) is 0 Å². The van der Waals surface area contributed by atoms with Crippen LogP contribution in [0.2, 0.25) is 0 Å². The minimum Gasteiger partial charge on any atom is -0.506 e. The monoisotopic (exact) mass is 229 g/mol. The lowest BCUT2D eigenvalue weighted by molar-refractivity contribution is -0.114. The minimum atomic E-state index is -0.211. The molecule has 0 atom stereocenters. The maximum absolute atomic E-state index is 10.7. The van der Waals surface area contributed by atoms with Gasteiger partial charge in [0.05, 0.1) is 5.69 Å². The number of carbonyl (C=O) groups excluding carboxylic acids is 1. The van der Waals surface area contributed by atoms with Crippen LogP contribution in [0.5, 0.6) is 5.75 Å². The van der Waals surface area contributed by atoms with Gasteiger partial charge in [-0.15, -0.1) is 0 Å². The minimum absolute atomic E-state index is 0.0552. The van der Waals surface area contributed by atoms with Crippen molar-refractivity contribution in [1.29, 1.82) is 0 Å². The second-order valence-electron chi connectivity index (χ2n) is 2.32. The fraction of sp³-hybridized carbons (Fsp3) is 0.125. The number of phenols is 1. The normalized spacial score (nSPS) is 9.50. The van der Waals surface area contributed by atoms with E-state index in [2.05, 4.69) is 21.2 Å². The molecule has 0 aromatic heterocycles. The van der Waals surface area contributed by atoms with Gasteiger partial charge in [0.25, 0.3) is 0 Å². The molecule has 0 saturated carbocycles. The maximum atomic E-state index is 10.7. The molecule has 1 rings (SSSR count). The summed E-state index contributed by atoms with van der Waals surface area (Å²) in [4.78, 5) is 10.7. The molecule has 12 heavy (non-hydrogen) atoms. The zero-order valence-electron chi connectivity index (χ0n) is 6.47. The Balaban J connectivity index is 3.04. The summed E-state index contributed by atoms with van der Waals surface area (Å²) >= 11 is 3.20. The molecule has 0 radical (unpaired) electrons. The van der Waals surface area contributed by atoms with E-state index >= 15 is 0 Å². The molecule has 4 heteroatoms. The van der Waals surface area contributed by atoms with E-state index in [9.17, 15) is 9.90 Å². The number of benzene rings is 1. The van der Waals surface area contributed by atoms with Crippen LogP contribution >= 0.6 is 15.9 Å². The van der Waals surface area contributed by atoms with Crippen molar-refractivity contribution in [2.45, 2.75) is 6.92 Å². The lowest BCUT2D eigenvalue weighted by Gasteiger charge is -2.06. The smallest absolute Gasteiger partial charge is 0.221 e. The Kier molecular flexibility index (Phi) is 2.70. The summed E-state index contributed by atoms with van der Waals surface area (Å²) in [6.07, 6.45) is 0. The molecule has 1 amide bonds. The van der Waals surface area contributed by atoms with Gasteiger partial charge in [-0.05, 0) is 28.1 Å². The van der Waals surface area contributed by atoms with Gasteiger partial charge >= 0.3 is 0 Å². The summed E-state index contributed by atoms with van der Waals surface area (Å²) in [6, 6.07) is 4.94. The molecule has 0 aliphatic heterocycles. The Morgan fingerprint density at radius 3 is 2.75 bits per heavy atom. The maximum Gasteiger partial charge on any atom is 0.221 e. The number of aromatic hydroxyl groups is 1. The van der Waals surface area contributed by atoms with Gasteiger partial charge in [0, 0.05) is 11.4 Å². The zero-order valence-corrected chi connectivity index (χ0v) is 8.05. The van der Waals surface area contributed by atoms with Gasteiger partial charge in [0.2, 0.25) is 5.91 Å². The lowest BCUT2D eigenvalue weighted by Crippen LogP contribution is -2.06. The largest absolute Gasteiger partial charge is 0.506 e. The van der Waals surface area contributed by atoms with Crippen LogP contribution in [0.3, 0.4) is 0 Å². The van der Waals surface area contributed by atoms with Crippen molar-refractivity contribution in [3.8, 4) is 5.75 Å².